The number of aliphatic hydroxyl groups excluding tert-OH is 1. The number of carbonyl (C=O) groups excluding carboxylic acids is 2. The van der Waals surface area contributed by atoms with Gasteiger partial charge >= 0.3 is 0 Å². The molecule has 1 saturated heterocycles. The fourth-order valence-corrected chi connectivity index (χ4v) is 3.92. The number of benzene rings is 2. The first-order valence-electron chi connectivity index (χ1n) is 10.6. The zero-order chi connectivity index (χ0) is 23.4. The van der Waals surface area contributed by atoms with E-state index in [-0.39, 0.29) is 17.9 Å². The van der Waals surface area contributed by atoms with Gasteiger partial charge in [0.15, 0.2) is 0 Å². The number of Topliss-reactive ketones (excluding diaryl/α,β-unsaturated/α-hetero) is 1. The van der Waals surface area contributed by atoms with E-state index in [1.165, 1.54) is 4.90 Å². The molecule has 0 radical (unpaired) electrons. The van der Waals surface area contributed by atoms with Crippen LogP contribution in [0.1, 0.15) is 29.7 Å². The van der Waals surface area contributed by atoms with E-state index < -0.39 is 17.7 Å². The number of hydrogen-bond acceptors (Lipinski definition) is 6. The van der Waals surface area contributed by atoms with Crippen molar-refractivity contribution in [3.05, 3.63) is 95.3 Å². The lowest BCUT2D eigenvalue weighted by molar-refractivity contribution is -0.140. The van der Waals surface area contributed by atoms with Crippen LogP contribution in [-0.4, -0.2) is 40.4 Å². The zero-order valence-electron chi connectivity index (χ0n) is 18.4. The Bertz CT molecular complexity index is 1190. The summed E-state index contributed by atoms with van der Waals surface area (Å²) < 4.78 is 10.8. The molecule has 0 bridgehead atoms. The number of nitrogens with zero attached hydrogens (tertiary/aromatic N) is 2. The molecule has 168 valence electrons. The fraction of sp³-hybridized carbons (Fsp3) is 0.192. The predicted octanol–water partition coefficient (Wildman–Crippen LogP) is 4.11. The van der Waals surface area contributed by atoms with Gasteiger partial charge in [0.2, 0.25) is 0 Å². The highest BCUT2D eigenvalue weighted by atomic mass is 16.5. The standard InChI is InChI=1S/C26H24N2O5/c1-3-33-21-6-4-5-19(15-21)23-22(24(29)18-7-9-20(32-2)10-8-18)25(30)26(31)28(23)16-17-11-13-27-14-12-17/h4-15,23,29H,3,16H2,1-2H3/b24-22+. The van der Waals surface area contributed by atoms with Gasteiger partial charge in [0.05, 0.1) is 25.3 Å². The summed E-state index contributed by atoms with van der Waals surface area (Å²) in [6.07, 6.45) is 3.27. The van der Waals surface area contributed by atoms with Crippen LogP contribution in [0.25, 0.3) is 5.76 Å². The maximum Gasteiger partial charge on any atom is 0.295 e. The first kappa shape index (κ1) is 22.1. The van der Waals surface area contributed by atoms with E-state index in [0.717, 1.165) is 5.56 Å². The zero-order valence-corrected chi connectivity index (χ0v) is 18.4. The smallest absolute Gasteiger partial charge is 0.295 e. The van der Waals surface area contributed by atoms with E-state index in [9.17, 15) is 14.7 Å². The van der Waals surface area contributed by atoms with Gasteiger partial charge in [-0.15, -0.1) is 0 Å². The van der Waals surface area contributed by atoms with Gasteiger partial charge in [-0.1, -0.05) is 12.1 Å². The molecule has 1 amide bonds. The normalized spacial score (nSPS) is 17.3. The van der Waals surface area contributed by atoms with Crippen molar-refractivity contribution in [2.24, 2.45) is 0 Å². The molecule has 1 unspecified atom stereocenters. The van der Waals surface area contributed by atoms with Crippen molar-refractivity contribution < 1.29 is 24.2 Å². The Kier molecular flexibility index (Phi) is 6.40. The lowest BCUT2D eigenvalue weighted by atomic mass is 9.95. The third-order valence-corrected chi connectivity index (χ3v) is 5.49. The van der Waals surface area contributed by atoms with E-state index in [2.05, 4.69) is 4.98 Å². The largest absolute Gasteiger partial charge is 0.507 e. The fourth-order valence-electron chi connectivity index (χ4n) is 3.92. The molecule has 33 heavy (non-hydrogen) atoms. The number of ether oxygens (including phenoxy) is 2. The third-order valence-electron chi connectivity index (χ3n) is 5.49. The minimum Gasteiger partial charge on any atom is -0.507 e. The Morgan fingerprint density at radius 1 is 1.03 bits per heavy atom. The van der Waals surface area contributed by atoms with E-state index in [4.69, 9.17) is 9.47 Å². The Hall–Kier alpha value is -4.13. The summed E-state index contributed by atoms with van der Waals surface area (Å²) in [5.41, 5.74) is 1.95. The molecular formula is C26H24N2O5. The monoisotopic (exact) mass is 444 g/mol. The number of ketones is 1. The summed E-state index contributed by atoms with van der Waals surface area (Å²) in [5.74, 6) is -0.405. The Morgan fingerprint density at radius 3 is 2.42 bits per heavy atom. The SMILES string of the molecule is CCOc1cccc(C2/C(=C(\O)c3ccc(OC)cc3)C(=O)C(=O)N2Cc2ccncc2)c1. The Balaban J connectivity index is 1.85. The predicted molar refractivity (Wildman–Crippen MR) is 123 cm³/mol. The van der Waals surface area contributed by atoms with Gasteiger partial charge in [0.25, 0.3) is 11.7 Å². The quantitative estimate of drug-likeness (QED) is 0.335. The minimum atomic E-state index is -0.777. The van der Waals surface area contributed by atoms with Gasteiger partial charge in [-0.25, -0.2) is 0 Å². The van der Waals surface area contributed by atoms with Crippen molar-refractivity contribution >= 4 is 17.4 Å². The number of aromatic nitrogens is 1. The van der Waals surface area contributed by atoms with Gasteiger partial charge < -0.3 is 19.5 Å². The van der Waals surface area contributed by atoms with Crippen molar-refractivity contribution in [1.82, 2.24) is 9.88 Å². The Labute approximate surface area is 191 Å². The lowest BCUT2D eigenvalue weighted by Crippen LogP contribution is -2.29. The number of hydrogen-bond donors (Lipinski definition) is 1. The summed E-state index contributed by atoms with van der Waals surface area (Å²) in [7, 11) is 1.55. The van der Waals surface area contributed by atoms with Crippen LogP contribution in [0.4, 0.5) is 0 Å². The van der Waals surface area contributed by atoms with Crippen molar-refractivity contribution in [2.45, 2.75) is 19.5 Å². The van der Waals surface area contributed by atoms with Crippen LogP contribution in [-0.2, 0) is 16.1 Å². The molecule has 3 aromatic rings. The van der Waals surface area contributed by atoms with E-state index in [1.54, 1.807) is 68.0 Å². The topological polar surface area (TPSA) is 89.0 Å². The first-order valence-corrected chi connectivity index (χ1v) is 10.6. The number of carbonyl (C=O) groups is 2. The second-order valence-electron chi connectivity index (χ2n) is 7.52. The van der Waals surface area contributed by atoms with Crippen molar-refractivity contribution in [3.8, 4) is 11.5 Å². The summed E-state index contributed by atoms with van der Waals surface area (Å²) in [6.45, 7) is 2.55. The molecule has 0 spiro atoms. The third kappa shape index (κ3) is 4.43. The molecule has 2 heterocycles. The van der Waals surface area contributed by atoms with E-state index in [1.807, 2.05) is 19.1 Å². The van der Waals surface area contributed by atoms with Crippen molar-refractivity contribution in [1.29, 1.82) is 0 Å². The minimum absolute atomic E-state index is 0.0351. The van der Waals surface area contributed by atoms with Crippen molar-refractivity contribution in [2.75, 3.05) is 13.7 Å². The molecule has 1 fully saturated rings. The molecule has 4 rings (SSSR count). The second-order valence-corrected chi connectivity index (χ2v) is 7.52. The Morgan fingerprint density at radius 2 is 1.76 bits per heavy atom. The second kappa shape index (κ2) is 9.56. The summed E-state index contributed by atoms with van der Waals surface area (Å²) in [4.78, 5) is 31.8. The number of likely N-dealkylation sites (tertiary alicyclic amines) is 1. The molecule has 1 aliphatic rings. The highest BCUT2D eigenvalue weighted by Gasteiger charge is 2.46. The lowest BCUT2D eigenvalue weighted by Gasteiger charge is -2.25. The maximum atomic E-state index is 13.2. The van der Waals surface area contributed by atoms with Gasteiger partial charge in [-0.2, -0.15) is 0 Å². The van der Waals surface area contributed by atoms with Crippen LogP contribution in [0.15, 0.2) is 78.6 Å². The highest BCUT2D eigenvalue weighted by molar-refractivity contribution is 6.46. The molecule has 0 aliphatic carbocycles. The summed E-state index contributed by atoms with van der Waals surface area (Å²) in [6, 6.07) is 16.7. The van der Waals surface area contributed by atoms with Gasteiger partial charge in [-0.3, -0.25) is 14.6 Å². The number of rotatable bonds is 7. The molecule has 7 heteroatoms. The molecule has 2 aromatic carbocycles. The average Bonchev–Trinajstić information content (AvgIpc) is 3.09. The number of methoxy groups -OCH3 is 1. The van der Waals surface area contributed by atoms with Gasteiger partial charge in [0.1, 0.15) is 17.3 Å². The van der Waals surface area contributed by atoms with Crippen molar-refractivity contribution in [3.63, 3.8) is 0 Å². The van der Waals surface area contributed by atoms with Crippen LogP contribution in [0.5, 0.6) is 11.5 Å². The molecule has 0 saturated carbocycles. The summed E-state index contributed by atoms with van der Waals surface area (Å²) in [5, 5.41) is 11.2. The molecule has 1 aromatic heterocycles. The number of pyridine rings is 1. The van der Waals surface area contributed by atoms with E-state index >= 15 is 0 Å². The van der Waals surface area contributed by atoms with Crippen LogP contribution >= 0.6 is 0 Å². The molecule has 1 atom stereocenters. The molecular weight excluding hydrogens is 420 g/mol. The number of aliphatic hydroxyl groups is 1. The van der Waals surface area contributed by atoms with Crippen LogP contribution in [0.3, 0.4) is 0 Å². The maximum absolute atomic E-state index is 13.2. The van der Waals surface area contributed by atoms with Crippen LogP contribution in [0.2, 0.25) is 0 Å². The first-order chi connectivity index (χ1) is 16.0. The molecule has 1 N–H and O–H groups in total. The average molecular weight is 444 g/mol. The van der Waals surface area contributed by atoms with Gasteiger partial charge in [-0.05, 0) is 66.6 Å². The van der Waals surface area contributed by atoms with Gasteiger partial charge in [0, 0.05) is 24.5 Å². The van der Waals surface area contributed by atoms with Crippen LogP contribution < -0.4 is 9.47 Å². The van der Waals surface area contributed by atoms with Crippen LogP contribution in [0, 0.1) is 0 Å². The highest BCUT2D eigenvalue weighted by Crippen LogP contribution is 2.41. The molecule has 1 aliphatic heterocycles. The summed E-state index contributed by atoms with van der Waals surface area (Å²) >= 11 is 0. The number of amides is 1. The molecule has 7 nitrogen and oxygen atoms in total. The van der Waals surface area contributed by atoms with E-state index in [0.29, 0.717) is 29.2 Å².